The molecule has 0 spiro atoms. The van der Waals surface area contributed by atoms with E-state index in [0.29, 0.717) is 6.42 Å². The topological polar surface area (TPSA) is 42.9 Å². The zero-order chi connectivity index (χ0) is 14.9. The number of aromatic nitrogens is 2. The first kappa shape index (κ1) is 14.0. The van der Waals surface area contributed by atoms with Crippen molar-refractivity contribution in [2.75, 3.05) is 0 Å². The molecule has 2 aromatic rings. The lowest BCUT2D eigenvalue weighted by atomic mass is 9.72. The van der Waals surface area contributed by atoms with Crippen LogP contribution in [0.15, 0.2) is 23.8 Å². The first-order valence-corrected chi connectivity index (χ1v) is 7.91. The summed E-state index contributed by atoms with van der Waals surface area (Å²) in [6.45, 7) is 4.29. The van der Waals surface area contributed by atoms with Gasteiger partial charge >= 0.3 is 0 Å². The molecule has 0 saturated heterocycles. The normalized spacial score (nSPS) is 20.6. The van der Waals surface area contributed by atoms with Gasteiger partial charge in [-0.3, -0.25) is 9.78 Å². The summed E-state index contributed by atoms with van der Waals surface area (Å²) in [7, 11) is 0. The molecule has 0 saturated carbocycles. The van der Waals surface area contributed by atoms with Gasteiger partial charge in [0, 0.05) is 12.0 Å². The first-order chi connectivity index (χ1) is 10.1. The Labute approximate surface area is 128 Å². The lowest BCUT2D eigenvalue weighted by molar-refractivity contribution is 0.0892. The maximum absolute atomic E-state index is 12.2. The van der Waals surface area contributed by atoms with Crippen molar-refractivity contribution in [3.05, 3.63) is 45.7 Å². The van der Waals surface area contributed by atoms with Crippen LogP contribution in [0.3, 0.4) is 0 Å². The van der Waals surface area contributed by atoms with Gasteiger partial charge in [0.05, 0.1) is 22.3 Å². The Balaban J connectivity index is 1.94. The van der Waals surface area contributed by atoms with E-state index in [1.165, 1.54) is 11.3 Å². The first-order valence-electron chi connectivity index (χ1n) is 7.03. The molecule has 106 valence electrons. The number of fused-ring (bicyclic) bond motifs is 1. The second kappa shape index (κ2) is 5.42. The third kappa shape index (κ3) is 2.88. The number of hydrogen-bond donors (Lipinski definition) is 0. The fraction of sp³-hybridized carbons (Fsp3) is 0.353. The average molecular weight is 296 g/mol. The molecule has 1 atom stereocenters. The molecule has 0 N–H and O–H groups in total. The zero-order valence-corrected chi connectivity index (χ0v) is 13.0. The third-order valence-electron chi connectivity index (χ3n) is 4.06. The van der Waals surface area contributed by atoms with E-state index in [1.807, 2.05) is 12.1 Å². The van der Waals surface area contributed by atoms with E-state index in [-0.39, 0.29) is 11.2 Å². The van der Waals surface area contributed by atoms with Gasteiger partial charge < -0.3 is 0 Å². The molecule has 3 nitrogen and oxygen atoms in total. The summed E-state index contributed by atoms with van der Waals surface area (Å²) in [4.78, 5) is 21.7. The van der Waals surface area contributed by atoms with Gasteiger partial charge in [0.1, 0.15) is 5.69 Å². The molecule has 0 amide bonds. The highest BCUT2D eigenvalue weighted by Crippen LogP contribution is 2.36. The lowest BCUT2D eigenvalue weighted by Crippen LogP contribution is -2.30. The summed E-state index contributed by atoms with van der Waals surface area (Å²) in [5, 5.41) is 0. The maximum atomic E-state index is 12.2. The van der Waals surface area contributed by atoms with E-state index in [2.05, 4.69) is 35.7 Å². The minimum Gasteiger partial charge on any atom is -0.294 e. The van der Waals surface area contributed by atoms with Crippen LogP contribution in [0.25, 0.3) is 0 Å². The molecule has 1 unspecified atom stereocenters. The number of hydrogen-bond acceptors (Lipinski definition) is 4. The Morgan fingerprint density at radius 3 is 2.90 bits per heavy atom. The van der Waals surface area contributed by atoms with Crippen LogP contribution in [0, 0.1) is 17.3 Å². The Kier molecular flexibility index (Phi) is 3.60. The largest absolute Gasteiger partial charge is 0.294 e. The molecule has 1 aliphatic rings. The highest BCUT2D eigenvalue weighted by atomic mass is 32.1. The molecule has 0 bridgehead atoms. The number of ketones is 1. The highest BCUT2D eigenvalue weighted by Gasteiger charge is 2.34. The van der Waals surface area contributed by atoms with Crippen LogP contribution < -0.4 is 0 Å². The number of nitrogens with zero attached hydrogens (tertiary/aromatic N) is 2. The van der Waals surface area contributed by atoms with E-state index >= 15 is 0 Å². The highest BCUT2D eigenvalue weighted by molar-refractivity contribution is 7.10. The quantitative estimate of drug-likeness (QED) is 0.757. The predicted octanol–water partition coefficient (Wildman–Crippen LogP) is 3.48. The molecule has 2 aromatic heterocycles. The minimum atomic E-state index is 0.0286. The van der Waals surface area contributed by atoms with Gasteiger partial charge in [-0.15, -0.1) is 11.3 Å². The summed E-state index contributed by atoms with van der Waals surface area (Å²) in [6, 6.07) is 3.70. The van der Waals surface area contributed by atoms with E-state index in [0.717, 1.165) is 34.7 Å². The Hall–Kier alpha value is -1.99. The Bertz CT molecular complexity index is 740. The maximum Gasteiger partial charge on any atom is 0.165 e. The number of carbonyl (C=O) groups excluding carboxylic acids is 1. The molecular formula is C17H16N2OS. The number of rotatable bonds is 1. The lowest BCUT2D eigenvalue weighted by Gasteiger charge is -2.32. The van der Waals surface area contributed by atoms with Gasteiger partial charge in [0.25, 0.3) is 0 Å². The molecule has 0 aliphatic heterocycles. The fourth-order valence-electron chi connectivity index (χ4n) is 2.56. The molecular weight excluding hydrogens is 280 g/mol. The smallest absolute Gasteiger partial charge is 0.165 e. The van der Waals surface area contributed by atoms with E-state index < -0.39 is 0 Å². The van der Waals surface area contributed by atoms with Gasteiger partial charge in [-0.25, -0.2) is 4.98 Å². The number of carbonyl (C=O) groups is 1. The van der Waals surface area contributed by atoms with Gasteiger partial charge in [-0.05, 0) is 42.2 Å². The van der Waals surface area contributed by atoms with Crippen molar-refractivity contribution in [2.45, 2.75) is 33.1 Å². The van der Waals surface area contributed by atoms with Crippen LogP contribution >= 0.6 is 11.3 Å². The van der Waals surface area contributed by atoms with Crippen LogP contribution in [0.5, 0.6) is 0 Å². The summed E-state index contributed by atoms with van der Waals surface area (Å²) in [5.74, 6) is 6.31. The molecule has 0 radical (unpaired) electrons. The summed E-state index contributed by atoms with van der Waals surface area (Å²) in [5.41, 5.74) is 4.17. The Morgan fingerprint density at radius 1 is 1.33 bits per heavy atom. The number of Topliss-reactive ketones (excluding diaryl/α,β-unsaturated/α-hetero) is 1. The zero-order valence-electron chi connectivity index (χ0n) is 12.1. The molecule has 0 aromatic carbocycles. The van der Waals surface area contributed by atoms with Gasteiger partial charge in [0.15, 0.2) is 5.78 Å². The second-order valence-electron chi connectivity index (χ2n) is 5.75. The standard InChI is InChI=1S/C17H16N2OS/c1-3-17(2)8-15-14(16(20)9-17)7-5-12(19-15)4-6-13-10-18-11-21-13/h5,7,10-11H,3,8-9H2,1-2H3. The van der Waals surface area contributed by atoms with Crippen molar-refractivity contribution in [3.8, 4) is 11.8 Å². The SMILES string of the molecule is CCC1(C)CC(=O)c2ccc(C#Cc3cncs3)nc2C1. The minimum absolute atomic E-state index is 0.0286. The van der Waals surface area contributed by atoms with Crippen molar-refractivity contribution in [1.29, 1.82) is 0 Å². The molecule has 0 fully saturated rings. The van der Waals surface area contributed by atoms with Gasteiger partial charge in [-0.1, -0.05) is 13.8 Å². The number of thiazole rings is 1. The summed E-state index contributed by atoms with van der Waals surface area (Å²) in [6.07, 6.45) is 4.19. The van der Waals surface area contributed by atoms with Gasteiger partial charge in [0.2, 0.25) is 0 Å². The van der Waals surface area contributed by atoms with Crippen molar-refractivity contribution in [1.82, 2.24) is 9.97 Å². The van der Waals surface area contributed by atoms with Crippen LogP contribution in [-0.4, -0.2) is 15.8 Å². The van der Waals surface area contributed by atoms with Gasteiger partial charge in [-0.2, -0.15) is 0 Å². The van der Waals surface area contributed by atoms with Crippen LogP contribution in [0.1, 0.15) is 53.3 Å². The van der Waals surface area contributed by atoms with Crippen LogP contribution in [-0.2, 0) is 6.42 Å². The second-order valence-corrected chi connectivity index (χ2v) is 6.63. The third-order valence-corrected chi connectivity index (χ3v) is 4.74. The summed E-state index contributed by atoms with van der Waals surface area (Å²) < 4.78 is 0. The predicted molar refractivity (Wildman–Crippen MR) is 83.4 cm³/mol. The van der Waals surface area contributed by atoms with Crippen molar-refractivity contribution >= 4 is 17.1 Å². The van der Waals surface area contributed by atoms with E-state index in [4.69, 9.17) is 0 Å². The van der Waals surface area contributed by atoms with Crippen LogP contribution in [0.4, 0.5) is 0 Å². The van der Waals surface area contributed by atoms with Crippen molar-refractivity contribution < 1.29 is 4.79 Å². The molecule has 2 heterocycles. The van der Waals surface area contributed by atoms with E-state index in [9.17, 15) is 4.79 Å². The van der Waals surface area contributed by atoms with Crippen molar-refractivity contribution in [2.24, 2.45) is 5.41 Å². The Morgan fingerprint density at radius 2 is 2.19 bits per heavy atom. The van der Waals surface area contributed by atoms with Crippen molar-refractivity contribution in [3.63, 3.8) is 0 Å². The monoisotopic (exact) mass is 296 g/mol. The van der Waals surface area contributed by atoms with Crippen LogP contribution in [0.2, 0.25) is 0 Å². The molecule has 3 rings (SSSR count). The fourth-order valence-corrected chi connectivity index (χ4v) is 3.03. The molecule has 4 heteroatoms. The average Bonchev–Trinajstić information content (AvgIpc) is 2.98. The summed E-state index contributed by atoms with van der Waals surface area (Å²) >= 11 is 1.51. The molecule has 1 aliphatic carbocycles. The number of pyridine rings is 1. The van der Waals surface area contributed by atoms with E-state index in [1.54, 1.807) is 11.7 Å². The molecule has 21 heavy (non-hydrogen) atoms.